The molecule has 3 nitrogen and oxygen atoms in total. The number of ether oxygens (including phenoxy) is 1. The van der Waals surface area contributed by atoms with Crippen molar-refractivity contribution < 1.29 is 4.74 Å². The average molecular weight is 270 g/mol. The maximum atomic E-state index is 5.49. The fourth-order valence-electron chi connectivity index (χ4n) is 3.31. The zero-order chi connectivity index (χ0) is 12.8. The van der Waals surface area contributed by atoms with Crippen molar-refractivity contribution in [3.8, 4) is 0 Å². The molecule has 0 amide bonds. The number of hydrogen-bond donors (Lipinski definition) is 1. The van der Waals surface area contributed by atoms with Crippen LogP contribution in [-0.4, -0.2) is 43.4 Å². The lowest BCUT2D eigenvalue weighted by Gasteiger charge is -2.42. The zero-order valence-electron chi connectivity index (χ0n) is 11.5. The van der Waals surface area contributed by atoms with Crippen molar-refractivity contribution in [2.24, 2.45) is 11.8 Å². The molecular formula is C14H26N2OS. The smallest absolute Gasteiger partial charge is 0.168 e. The number of rotatable bonds is 4. The Morgan fingerprint density at radius 3 is 2.83 bits per heavy atom. The van der Waals surface area contributed by atoms with E-state index < -0.39 is 0 Å². The number of fused-ring (bicyclic) bond motifs is 1. The molecule has 0 aromatic rings. The molecule has 1 N–H and O–H groups in total. The molecule has 1 saturated heterocycles. The Labute approximate surface area is 116 Å². The number of nitrogens with zero attached hydrogens (tertiary/aromatic N) is 1. The second-order valence-electron chi connectivity index (χ2n) is 5.62. The molecule has 1 saturated carbocycles. The van der Waals surface area contributed by atoms with Crippen LogP contribution in [-0.2, 0) is 4.74 Å². The van der Waals surface area contributed by atoms with Gasteiger partial charge in [-0.15, -0.1) is 0 Å². The van der Waals surface area contributed by atoms with Crippen LogP contribution < -0.4 is 5.32 Å². The largest absolute Gasteiger partial charge is 0.385 e. The van der Waals surface area contributed by atoms with Gasteiger partial charge in [0.05, 0.1) is 0 Å². The van der Waals surface area contributed by atoms with Gasteiger partial charge in [0.2, 0.25) is 0 Å². The van der Waals surface area contributed by atoms with Gasteiger partial charge in [0.25, 0.3) is 0 Å². The molecule has 2 rings (SSSR count). The van der Waals surface area contributed by atoms with Crippen molar-refractivity contribution in [1.82, 2.24) is 10.2 Å². The van der Waals surface area contributed by atoms with Crippen LogP contribution in [0.1, 0.15) is 38.5 Å². The van der Waals surface area contributed by atoms with Crippen molar-refractivity contribution in [2.75, 3.05) is 33.4 Å². The Morgan fingerprint density at radius 2 is 2.06 bits per heavy atom. The van der Waals surface area contributed by atoms with E-state index >= 15 is 0 Å². The lowest BCUT2D eigenvalue weighted by molar-refractivity contribution is 0.129. The van der Waals surface area contributed by atoms with Crippen molar-refractivity contribution in [2.45, 2.75) is 38.5 Å². The van der Waals surface area contributed by atoms with Gasteiger partial charge in [0.1, 0.15) is 0 Å². The molecule has 0 aromatic carbocycles. The molecule has 1 aliphatic heterocycles. The van der Waals surface area contributed by atoms with Gasteiger partial charge in [-0.05, 0) is 43.3 Å². The highest BCUT2D eigenvalue weighted by atomic mass is 32.1. The third kappa shape index (κ3) is 3.82. The van der Waals surface area contributed by atoms with E-state index in [0.717, 1.165) is 43.1 Å². The Morgan fingerprint density at radius 1 is 1.28 bits per heavy atom. The summed E-state index contributed by atoms with van der Waals surface area (Å²) in [6, 6.07) is 0. The minimum Gasteiger partial charge on any atom is -0.385 e. The fraction of sp³-hybridized carbons (Fsp3) is 0.929. The minimum absolute atomic E-state index is 0.806. The summed E-state index contributed by atoms with van der Waals surface area (Å²) in [7, 11) is 1.74. The molecule has 2 aliphatic rings. The second kappa shape index (κ2) is 7.29. The highest BCUT2D eigenvalue weighted by molar-refractivity contribution is 7.80. The Balaban J connectivity index is 1.71. The number of nitrogens with one attached hydrogen (secondary N) is 1. The number of likely N-dealkylation sites (tertiary alicyclic amines) is 1. The molecule has 2 fully saturated rings. The van der Waals surface area contributed by atoms with E-state index in [0.29, 0.717) is 0 Å². The van der Waals surface area contributed by atoms with Gasteiger partial charge >= 0.3 is 0 Å². The van der Waals surface area contributed by atoms with E-state index in [1.165, 1.54) is 38.6 Å². The number of thiocarbonyl (C=S) groups is 1. The summed E-state index contributed by atoms with van der Waals surface area (Å²) in [6.45, 7) is 4.07. The average Bonchev–Trinajstić information content (AvgIpc) is 2.43. The molecule has 2 atom stereocenters. The predicted molar refractivity (Wildman–Crippen MR) is 78.7 cm³/mol. The van der Waals surface area contributed by atoms with E-state index in [1.807, 2.05) is 0 Å². The third-order valence-corrected chi connectivity index (χ3v) is 4.78. The van der Waals surface area contributed by atoms with Crippen LogP contribution >= 0.6 is 12.2 Å². The Kier molecular flexibility index (Phi) is 5.70. The van der Waals surface area contributed by atoms with Crippen LogP contribution in [0.15, 0.2) is 0 Å². The first kappa shape index (κ1) is 14.1. The predicted octanol–water partition coefficient (Wildman–Crippen LogP) is 2.41. The van der Waals surface area contributed by atoms with Gasteiger partial charge in [0.15, 0.2) is 5.11 Å². The first-order valence-corrected chi connectivity index (χ1v) is 7.74. The Bertz CT molecular complexity index is 273. The highest BCUT2D eigenvalue weighted by Gasteiger charge is 2.31. The summed E-state index contributed by atoms with van der Waals surface area (Å²) >= 11 is 5.49. The van der Waals surface area contributed by atoms with Gasteiger partial charge in [-0.1, -0.05) is 19.3 Å². The van der Waals surface area contributed by atoms with Gasteiger partial charge in [-0.2, -0.15) is 0 Å². The molecule has 0 bridgehead atoms. The van der Waals surface area contributed by atoms with Gasteiger partial charge in [-0.25, -0.2) is 0 Å². The van der Waals surface area contributed by atoms with Crippen molar-refractivity contribution in [3.05, 3.63) is 0 Å². The van der Waals surface area contributed by atoms with Crippen LogP contribution in [0.2, 0.25) is 0 Å². The lowest BCUT2D eigenvalue weighted by atomic mass is 9.75. The monoisotopic (exact) mass is 270 g/mol. The number of methoxy groups -OCH3 is 1. The standard InChI is InChI=1S/C14H26N2OS/c1-17-10-4-8-15-14(18)16-9-7-12-5-2-3-6-13(12)11-16/h12-13H,2-11H2,1H3,(H,15,18). The van der Waals surface area contributed by atoms with Crippen LogP contribution in [0.25, 0.3) is 0 Å². The summed E-state index contributed by atoms with van der Waals surface area (Å²) < 4.78 is 5.04. The molecule has 1 heterocycles. The molecule has 0 aromatic heterocycles. The van der Waals surface area contributed by atoms with Crippen molar-refractivity contribution in [1.29, 1.82) is 0 Å². The third-order valence-electron chi connectivity index (χ3n) is 4.38. The number of hydrogen-bond acceptors (Lipinski definition) is 2. The zero-order valence-corrected chi connectivity index (χ0v) is 12.3. The van der Waals surface area contributed by atoms with Crippen molar-refractivity contribution in [3.63, 3.8) is 0 Å². The van der Waals surface area contributed by atoms with Gasteiger partial charge in [0, 0.05) is 33.4 Å². The molecule has 0 spiro atoms. The summed E-state index contributed by atoms with van der Waals surface area (Å²) in [4.78, 5) is 2.38. The summed E-state index contributed by atoms with van der Waals surface area (Å²) in [5.41, 5.74) is 0. The first-order valence-electron chi connectivity index (χ1n) is 7.33. The van der Waals surface area contributed by atoms with Crippen LogP contribution in [0.4, 0.5) is 0 Å². The Hall–Kier alpha value is -0.350. The topological polar surface area (TPSA) is 24.5 Å². The summed E-state index contributed by atoms with van der Waals surface area (Å²) in [5.74, 6) is 1.87. The molecule has 4 heteroatoms. The highest BCUT2D eigenvalue weighted by Crippen LogP contribution is 2.35. The quantitative estimate of drug-likeness (QED) is 0.626. The normalized spacial score (nSPS) is 27.7. The molecule has 0 radical (unpaired) electrons. The lowest BCUT2D eigenvalue weighted by Crippen LogP contribution is -2.48. The van der Waals surface area contributed by atoms with Crippen LogP contribution in [0.3, 0.4) is 0 Å². The maximum absolute atomic E-state index is 5.49. The van der Waals surface area contributed by atoms with E-state index in [9.17, 15) is 0 Å². The maximum Gasteiger partial charge on any atom is 0.168 e. The van der Waals surface area contributed by atoms with E-state index in [4.69, 9.17) is 17.0 Å². The van der Waals surface area contributed by atoms with E-state index in [2.05, 4.69) is 10.2 Å². The second-order valence-corrected chi connectivity index (χ2v) is 6.00. The summed E-state index contributed by atoms with van der Waals surface area (Å²) in [6.07, 6.45) is 8.09. The van der Waals surface area contributed by atoms with E-state index in [-0.39, 0.29) is 0 Å². The molecular weight excluding hydrogens is 244 g/mol. The SMILES string of the molecule is COCCCNC(=S)N1CCC2CCCCC2C1. The van der Waals surface area contributed by atoms with E-state index in [1.54, 1.807) is 7.11 Å². The van der Waals surface area contributed by atoms with Gasteiger partial charge < -0.3 is 15.0 Å². The van der Waals surface area contributed by atoms with Crippen LogP contribution in [0, 0.1) is 11.8 Å². The minimum atomic E-state index is 0.806. The molecule has 18 heavy (non-hydrogen) atoms. The summed E-state index contributed by atoms with van der Waals surface area (Å²) in [5, 5.41) is 4.31. The first-order chi connectivity index (χ1) is 8.81. The molecule has 2 unspecified atom stereocenters. The number of piperidine rings is 1. The van der Waals surface area contributed by atoms with Crippen molar-refractivity contribution >= 4 is 17.3 Å². The molecule has 104 valence electrons. The molecule has 1 aliphatic carbocycles. The van der Waals surface area contributed by atoms with Crippen LogP contribution in [0.5, 0.6) is 0 Å². The van der Waals surface area contributed by atoms with Gasteiger partial charge in [-0.3, -0.25) is 0 Å². The fourth-order valence-corrected chi connectivity index (χ4v) is 3.58.